The third-order valence-electron chi connectivity index (χ3n) is 7.64. The van der Waals surface area contributed by atoms with Crippen molar-refractivity contribution in [3.63, 3.8) is 0 Å². The van der Waals surface area contributed by atoms with E-state index in [0.29, 0.717) is 12.8 Å². The van der Waals surface area contributed by atoms with Crippen LogP contribution in [0.4, 0.5) is 52.7 Å². The largest absolute Gasteiger partial charge is 0.487 e. The molecule has 0 aromatic heterocycles. The van der Waals surface area contributed by atoms with Crippen molar-refractivity contribution in [1.82, 2.24) is 0 Å². The lowest BCUT2D eigenvalue weighted by molar-refractivity contribution is -0.346. The number of benzene rings is 1. The molecule has 3 rings (SSSR count). The quantitative estimate of drug-likeness (QED) is 0.108. The molecule has 2 unspecified atom stereocenters. The van der Waals surface area contributed by atoms with E-state index in [1.807, 2.05) is 6.92 Å². The second kappa shape index (κ2) is 12.2. The first-order chi connectivity index (χ1) is 20.4. The molecule has 2 aliphatic rings. The second-order valence-electron chi connectivity index (χ2n) is 11.3. The molecule has 17 heteroatoms. The molecule has 0 fully saturated rings. The highest BCUT2D eigenvalue weighted by molar-refractivity contribution is 5.89. The Balaban J connectivity index is 2.10. The van der Waals surface area contributed by atoms with Gasteiger partial charge in [-0.15, -0.1) is 0 Å². The minimum atomic E-state index is -6.83. The summed E-state index contributed by atoms with van der Waals surface area (Å²) in [7, 11) is 0. The Morgan fingerprint density at radius 2 is 1.56 bits per heavy atom. The molecule has 0 radical (unpaired) electrons. The summed E-state index contributed by atoms with van der Waals surface area (Å²) < 4.78 is 173. The Kier molecular flexibility index (Phi) is 9.87. The second-order valence-corrected chi connectivity index (χ2v) is 11.3. The van der Waals surface area contributed by atoms with Gasteiger partial charge >= 0.3 is 42.1 Å². The van der Waals surface area contributed by atoms with Gasteiger partial charge in [0.1, 0.15) is 17.1 Å². The minimum absolute atomic E-state index is 0.0400. The van der Waals surface area contributed by atoms with E-state index in [1.165, 1.54) is 6.07 Å². The molecule has 1 aliphatic heterocycles. The fraction of sp³-hybridized carbons (Fsp3) is 0.643. The highest BCUT2D eigenvalue weighted by atomic mass is 19.4. The Morgan fingerprint density at radius 1 is 0.933 bits per heavy atom. The number of aryl methyl sites for hydroxylation is 1. The number of alkyl halides is 12. The zero-order chi connectivity index (χ0) is 34.4. The molecule has 0 saturated carbocycles. The summed E-state index contributed by atoms with van der Waals surface area (Å²) in [6.45, 7) is 2.65. The van der Waals surface area contributed by atoms with Crippen LogP contribution in [0.3, 0.4) is 0 Å². The Morgan fingerprint density at radius 3 is 2.11 bits per heavy atom. The number of esters is 2. The van der Waals surface area contributed by atoms with E-state index in [4.69, 9.17) is 4.74 Å². The topological polar surface area (TPSA) is 61.8 Å². The smallest absolute Gasteiger partial charge is 0.460 e. The Hall–Kier alpha value is -3.14. The zero-order valence-corrected chi connectivity index (χ0v) is 23.9. The molecule has 0 bridgehead atoms. The lowest BCUT2D eigenvalue weighted by Crippen LogP contribution is -2.57. The molecule has 1 aliphatic carbocycles. The molecule has 1 aromatic rings. The molecule has 1 aromatic carbocycles. The van der Waals surface area contributed by atoms with E-state index in [1.54, 1.807) is 13.8 Å². The van der Waals surface area contributed by atoms with Crippen LogP contribution in [0.1, 0.15) is 69.9 Å². The Bertz CT molecular complexity index is 1310. The van der Waals surface area contributed by atoms with Crippen LogP contribution in [0, 0.1) is 5.92 Å². The van der Waals surface area contributed by atoms with E-state index >= 15 is 0 Å². The first-order valence-corrected chi connectivity index (χ1v) is 13.6. The predicted octanol–water partition coefficient (Wildman–Crippen LogP) is 8.49. The number of hydrogen-bond acceptors (Lipinski definition) is 5. The number of ether oxygens (including phenoxy) is 3. The van der Waals surface area contributed by atoms with Crippen molar-refractivity contribution in [2.75, 3.05) is 6.61 Å². The SMILES string of the molecule is CCCCCc1cc(OC(=O)C(F)(F)C(F)(F)C(F)(F)F)c2c(c1)OC(C)(C)C1CCC(C(=O)OCC(F)(F)C(F)(F)F)=CC21. The van der Waals surface area contributed by atoms with Crippen LogP contribution in [-0.4, -0.2) is 54.3 Å². The summed E-state index contributed by atoms with van der Waals surface area (Å²) in [5.41, 5.74) is -1.61. The van der Waals surface area contributed by atoms with Gasteiger partial charge in [-0.3, -0.25) is 0 Å². The standard InChI is InChI=1S/C28H28F12O5/c1-4-5-6-7-14-10-18(44-22(42)25(31,32)26(33,34)28(38,39)40)20-16-12-15(21(41)43-13-24(29,30)27(35,36)37)8-9-17(16)23(2,3)45-19(20)11-14/h10-12,16-17H,4-9,13H2,1-3H3. The number of carbonyl (C=O) groups is 2. The van der Waals surface area contributed by atoms with Crippen LogP contribution in [0.15, 0.2) is 23.8 Å². The van der Waals surface area contributed by atoms with Crippen LogP contribution in [0.5, 0.6) is 11.5 Å². The summed E-state index contributed by atoms with van der Waals surface area (Å²) in [5, 5.41) is 0. The number of rotatable bonds is 10. The molecule has 0 saturated heterocycles. The zero-order valence-electron chi connectivity index (χ0n) is 23.9. The van der Waals surface area contributed by atoms with Gasteiger partial charge in [-0.1, -0.05) is 25.8 Å². The number of fused-ring (bicyclic) bond motifs is 3. The van der Waals surface area contributed by atoms with Gasteiger partial charge in [-0.2, -0.15) is 52.7 Å². The lowest BCUT2D eigenvalue weighted by Gasteiger charge is -2.46. The maximum Gasteiger partial charge on any atom is 0.460 e. The van der Waals surface area contributed by atoms with Crippen LogP contribution < -0.4 is 9.47 Å². The van der Waals surface area contributed by atoms with E-state index < -0.39 is 77.4 Å². The van der Waals surface area contributed by atoms with Gasteiger partial charge < -0.3 is 14.2 Å². The van der Waals surface area contributed by atoms with Crippen molar-refractivity contribution in [1.29, 1.82) is 0 Å². The highest BCUT2D eigenvalue weighted by Gasteiger charge is 2.77. The lowest BCUT2D eigenvalue weighted by atomic mass is 9.67. The summed E-state index contributed by atoms with van der Waals surface area (Å²) in [6.07, 6.45) is -9.99. The monoisotopic (exact) mass is 672 g/mol. The van der Waals surface area contributed by atoms with Crippen molar-refractivity contribution in [2.24, 2.45) is 5.92 Å². The van der Waals surface area contributed by atoms with Crippen LogP contribution in [0.2, 0.25) is 0 Å². The van der Waals surface area contributed by atoms with Crippen LogP contribution in [-0.2, 0) is 20.7 Å². The number of unbranched alkanes of at least 4 members (excludes halogenated alkanes) is 2. The van der Waals surface area contributed by atoms with Gasteiger partial charge in [-0.25, -0.2) is 9.59 Å². The summed E-state index contributed by atoms with van der Waals surface area (Å²) >= 11 is 0. The maximum absolute atomic E-state index is 14.3. The number of allylic oxidation sites excluding steroid dienone is 1. The number of hydrogen-bond donors (Lipinski definition) is 0. The van der Waals surface area contributed by atoms with Gasteiger partial charge in [0, 0.05) is 23.0 Å². The van der Waals surface area contributed by atoms with Crippen LogP contribution in [0.25, 0.3) is 0 Å². The van der Waals surface area contributed by atoms with E-state index in [9.17, 15) is 62.3 Å². The normalized spacial score (nSPS) is 20.4. The molecular weight excluding hydrogens is 644 g/mol. The van der Waals surface area contributed by atoms with Gasteiger partial charge in [0.05, 0.1) is 0 Å². The summed E-state index contributed by atoms with van der Waals surface area (Å²) in [5.74, 6) is -26.4. The Labute approximate surface area is 248 Å². The van der Waals surface area contributed by atoms with Crippen molar-refractivity contribution < 1.29 is 76.5 Å². The van der Waals surface area contributed by atoms with E-state index in [0.717, 1.165) is 18.6 Å². The number of halogens is 12. The fourth-order valence-electron chi connectivity index (χ4n) is 5.18. The van der Waals surface area contributed by atoms with E-state index in [-0.39, 0.29) is 36.1 Å². The molecule has 254 valence electrons. The summed E-state index contributed by atoms with van der Waals surface area (Å²) in [6, 6.07) is 2.37. The first kappa shape index (κ1) is 36.3. The predicted molar refractivity (Wildman–Crippen MR) is 131 cm³/mol. The molecular formula is C28H28F12O5. The van der Waals surface area contributed by atoms with Crippen molar-refractivity contribution >= 4 is 11.9 Å². The fourth-order valence-corrected chi connectivity index (χ4v) is 5.18. The van der Waals surface area contributed by atoms with Crippen molar-refractivity contribution in [3.05, 3.63) is 34.9 Å². The van der Waals surface area contributed by atoms with E-state index in [2.05, 4.69) is 9.47 Å². The number of carbonyl (C=O) groups excluding carboxylic acids is 2. The van der Waals surface area contributed by atoms with Crippen molar-refractivity contribution in [2.45, 2.75) is 101 Å². The molecule has 1 heterocycles. The molecule has 0 N–H and O–H groups in total. The molecule has 45 heavy (non-hydrogen) atoms. The summed E-state index contributed by atoms with van der Waals surface area (Å²) in [4.78, 5) is 24.8. The average molecular weight is 673 g/mol. The minimum Gasteiger partial charge on any atom is -0.487 e. The molecule has 0 amide bonds. The van der Waals surface area contributed by atoms with Gasteiger partial charge in [0.2, 0.25) is 0 Å². The third-order valence-corrected chi connectivity index (χ3v) is 7.64. The van der Waals surface area contributed by atoms with Gasteiger partial charge in [0.25, 0.3) is 0 Å². The molecule has 2 atom stereocenters. The molecule has 5 nitrogen and oxygen atoms in total. The van der Waals surface area contributed by atoms with Gasteiger partial charge in [0.15, 0.2) is 6.61 Å². The van der Waals surface area contributed by atoms with Crippen LogP contribution >= 0.6 is 0 Å². The average Bonchev–Trinajstić information content (AvgIpc) is 2.89. The molecule has 0 spiro atoms. The highest BCUT2D eigenvalue weighted by Crippen LogP contribution is 2.55. The first-order valence-electron chi connectivity index (χ1n) is 13.6. The van der Waals surface area contributed by atoms with Crippen molar-refractivity contribution in [3.8, 4) is 11.5 Å². The third kappa shape index (κ3) is 7.16. The van der Waals surface area contributed by atoms with Gasteiger partial charge in [-0.05, 0) is 57.2 Å². The maximum atomic E-state index is 14.3.